The van der Waals surface area contributed by atoms with Gasteiger partial charge in [-0.05, 0) is 36.8 Å². The number of nitrogens with zero attached hydrogens (tertiary/aromatic N) is 4. The van der Waals surface area contributed by atoms with Crippen molar-refractivity contribution in [1.82, 2.24) is 25.2 Å². The van der Waals surface area contributed by atoms with Crippen LogP contribution in [0.25, 0.3) is 5.65 Å². The number of fused-ring (bicyclic) bond motifs is 1. The van der Waals surface area contributed by atoms with Crippen LogP contribution in [0, 0.1) is 0 Å². The number of rotatable bonds is 8. The van der Waals surface area contributed by atoms with Gasteiger partial charge in [0.05, 0.1) is 20.2 Å². The number of hydrogen-bond donors (Lipinski definition) is 2. The van der Waals surface area contributed by atoms with Crippen LogP contribution in [0.3, 0.4) is 0 Å². The van der Waals surface area contributed by atoms with Gasteiger partial charge in [0.1, 0.15) is 0 Å². The Hall–Kier alpha value is -3.50. The smallest absolute Gasteiger partial charge is 0.422 e. The maximum absolute atomic E-state index is 12.4. The zero-order valence-corrected chi connectivity index (χ0v) is 17.1. The lowest BCUT2D eigenvalue weighted by molar-refractivity contribution is -0.153. The Morgan fingerprint density at radius 2 is 1.97 bits per heavy atom. The topological polar surface area (TPSA) is 85.1 Å². The van der Waals surface area contributed by atoms with Gasteiger partial charge in [0.25, 0.3) is 0 Å². The Labute approximate surface area is 177 Å². The molecular formula is C20H23F3N6O2. The Balaban J connectivity index is 1.66. The molecule has 8 nitrogen and oxygen atoms in total. The predicted molar refractivity (Wildman–Crippen MR) is 109 cm³/mol. The molecule has 31 heavy (non-hydrogen) atoms. The highest BCUT2D eigenvalue weighted by molar-refractivity contribution is 5.79. The van der Waals surface area contributed by atoms with E-state index >= 15 is 0 Å². The van der Waals surface area contributed by atoms with E-state index in [1.54, 1.807) is 12.1 Å². The molecule has 0 saturated carbocycles. The lowest BCUT2D eigenvalue weighted by Crippen LogP contribution is -2.37. The van der Waals surface area contributed by atoms with E-state index in [9.17, 15) is 13.2 Å². The third-order valence-electron chi connectivity index (χ3n) is 4.18. The van der Waals surface area contributed by atoms with Gasteiger partial charge >= 0.3 is 6.18 Å². The molecule has 0 unspecified atom stereocenters. The second-order valence-electron chi connectivity index (χ2n) is 6.48. The van der Waals surface area contributed by atoms with Crippen LogP contribution in [0.2, 0.25) is 0 Å². The maximum Gasteiger partial charge on any atom is 0.422 e. The molecule has 11 heteroatoms. The highest BCUT2D eigenvalue weighted by Crippen LogP contribution is 2.30. The summed E-state index contributed by atoms with van der Waals surface area (Å²) in [4.78, 5) is 4.51. The summed E-state index contributed by atoms with van der Waals surface area (Å²) in [6.45, 7) is 1.91. The third-order valence-corrected chi connectivity index (χ3v) is 4.18. The van der Waals surface area contributed by atoms with E-state index in [0.717, 1.165) is 17.0 Å². The van der Waals surface area contributed by atoms with E-state index in [-0.39, 0.29) is 18.0 Å². The molecule has 3 aromatic rings. The van der Waals surface area contributed by atoms with E-state index in [4.69, 9.17) is 9.47 Å². The minimum Gasteiger partial charge on any atom is -0.493 e. The average molecular weight is 436 g/mol. The van der Waals surface area contributed by atoms with Crippen LogP contribution < -0.4 is 20.1 Å². The fourth-order valence-electron chi connectivity index (χ4n) is 2.78. The molecule has 0 aliphatic heterocycles. The number of halogens is 3. The minimum atomic E-state index is -4.42. The molecule has 0 amide bonds. The monoisotopic (exact) mass is 436 g/mol. The largest absolute Gasteiger partial charge is 0.493 e. The predicted octanol–water partition coefficient (Wildman–Crippen LogP) is 2.93. The number of nitrogens with one attached hydrogen (secondary N) is 2. The SMILES string of the molecule is CCNC(=NCc1ccc(OCC(F)(F)F)c(OC)c1)NCc1nnc2ccccn12. The quantitative estimate of drug-likeness (QED) is 0.417. The zero-order chi connectivity index (χ0) is 22.3. The number of hydrogen-bond acceptors (Lipinski definition) is 5. The molecule has 2 heterocycles. The molecule has 0 saturated heterocycles. The van der Waals surface area contributed by atoms with Gasteiger partial charge in [-0.2, -0.15) is 13.2 Å². The van der Waals surface area contributed by atoms with Crippen LogP contribution in [0.5, 0.6) is 11.5 Å². The number of alkyl halides is 3. The number of ether oxygens (including phenoxy) is 2. The molecular weight excluding hydrogens is 413 g/mol. The first-order valence-corrected chi connectivity index (χ1v) is 9.57. The molecule has 0 fully saturated rings. The Morgan fingerprint density at radius 1 is 1.13 bits per heavy atom. The highest BCUT2D eigenvalue weighted by Gasteiger charge is 2.29. The van der Waals surface area contributed by atoms with Crippen LogP contribution in [0.4, 0.5) is 13.2 Å². The van der Waals surface area contributed by atoms with Gasteiger partial charge in [0.15, 0.2) is 35.5 Å². The van der Waals surface area contributed by atoms with Crippen LogP contribution in [0.1, 0.15) is 18.3 Å². The van der Waals surface area contributed by atoms with Crippen molar-refractivity contribution in [2.45, 2.75) is 26.2 Å². The Kier molecular flexibility index (Phi) is 7.16. The summed E-state index contributed by atoms with van der Waals surface area (Å²) in [5.41, 5.74) is 1.50. The molecule has 166 valence electrons. The van der Waals surface area contributed by atoms with E-state index in [0.29, 0.717) is 19.0 Å². The van der Waals surface area contributed by atoms with Crippen molar-refractivity contribution in [2.24, 2.45) is 4.99 Å². The van der Waals surface area contributed by atoms with Crippen molar-refractivity contribution in [3.8, 4) is 11.5 Å². The van der Waals surface area contributed by atoms with Crippen molar-refractivity contribution in [3.05, 3.63) is 54.0 Å². The lowest BCUT2D eigenvalue weighted by atomic mass is 10.2. The van der Waals surface area contributed by atoms with Gasteiger partial charge in [-0.3, -0.25) is 4.40 Å². The number of methoxy groups -OCH3 is 1. The first-order valence-electron chi connectivity index (χ1n) is 9.57. The van der Waals surface area contributed by atoms with Gasteiger partial charge in [-0.1, -0.05) is 12.1 Å². The summed E-state index contributed by atoms with van der Waals surface area (Å²) >= 11 is 0. The molecule has 0 aliphatic carbocycles. The van der Waals surface area contributed by atoms with Crippen molar-refractivity contribution in [2.75, 3.05) is 20.3 Å². The van der Waals surface area contributed by atoms with Crippen molar-refractivity contribution >= 4 is 11.6 Å². The third kappa shape index (κ3) is 6.24. The lowest BCUT2D eigenvalue weighted by Gasteiger charge is -2.14. The molecule has 0 radical (unpaired) electrons. The molecule has 0 atom stereocenters. The minimum absolute atomic E-state index is 0.0243. The number of pyridine rings is 1. The van der Waals surface area contributed by atoms with Crippen LogP contribution >= 0.6 is 0 Å². The highest BCUT2D eigenvalue weighted by atomic mass is 19.4. The standard InChI is InChI=1S/C20H23F3N6O2/c1-3-24-19(26-12-18-28-27-17-6-4-5-9-29(17)18)25-11-14-7-8-15(16(10-14)30-2)31-13-20(21,22)23/h4-10H,3,11-13H2,1-2H3,(H2,24,25,26). The van der Waals surface area contributed by atoms with Crippen molar-refractivity contribution in [1.29, 1.82) is 0 Å². The molecule has 2 N–H and O–H groups in total. The van der Waals surface area contributed by atoms with Crippen molar-refractivity contribution < 1.29 is 22.6 Å². The number of guanidine groups is 1. The second-order valence-corrected chi connectivity index (χ2v) is 6.48. The van der Waals surface area contributed by atoms with E-state index < -0.39 is 12.8 Å². The van der Waals surface area contributed by atoms with Crippen molar-refractivity contribution in [3.63, 3.8) is 0 Å². The van der Waals surface area contributed by atoms with Crippen LogP contribution in [-0.4, -0.2) is 47.0 Å². The summed E-state index contributed by atoms with van der Waals surface area (Å²) in [6, 6.07) is 10.3. The van der Waals surface area contributed by atoms with Gasteiger partial charge in [0, 0.05) is 12.7 Å². The fraction of sp³-hybridized carbons (Fsp3) is 0.350. The van der Waals surface area contributed by atoms with Gasteiger partial charge in [-0.15, -0.1) is 10.2 Å². The van der Waals surface area contributed by atoms with Gasteiger partial charge in [0.2, 0.25) is 0 Å². The van der Waals surface area contributed by atoms with Gasteiger partial charge < -0.3 is 20.1 Å². The summed E-state index contributed by atoms with van der Waals surface area (Å²) < 4.78 is 49.0. The molecule has 3 rings (SSSR count). The zero-order valence-electron chi connectivity index (χ0n) is 17.1. The normalized spacial score (nSPS) is 12.1. The number of aromatic nitrogens is 3. The maximum atomic E-state index is 12.4. The summed E-state index contributed by atoms with van der Waals surface area (Å²) in [5, 5.41) is 14.6. The second kappa shape index (κ2) is 10.0. The summed E-state index contributed by atoms with van der Waals surface area (Å²) in [5.74, 6) is 1.53. The average Bonchev–Trinajstić information content (AvgIpc) is 3.17. The molecule has 0 bridgehead atoms. The Morgan fingerprint density at radius 3 is 2.71 bits per heavy atom. The summed E-state index contributed by atoms with van der Waals surface area (Å²) in [7, 11) is 1.37. The van der Waals surface area contributed by atoms with Gasteiger partial charge in [-0.25, -0.2) is 4.99 Å². The number of benzene rings is 1. The molecule has 0 aliphatic rings. The molecule has 2 aromatic heterocycles. The molecule has 0 spiro atoms. The number of aliphatic imine (C=N–C) groups is 1. The fourth-order valence-corrected chi connectivity index (χ4v) is 2.78. The first-order chi connectivity index (χ1) is 14.9. The summed E-state index contributed by atoms with van der Waals surface area (Å²) in [6.07, 6.45) is -2.54. The van der Waals surface area contributed by atoms with Crippen LogP contribution in [-0.2, 0) is 13.1 Å². The van der Waals surface area contributed by atoms with E-state index in [1.165, 1.54) is 13.2 Å². The first kappa shape index (κ1) is 22.2. The molecule has 1 aromatic carbocycles. The van der Waals surface area contributed by atoms with E-state index in [2.05, 4.69) is 25.8 Å². The van der Waals surface area contributed by atoms with Crippen LogP contribution in [0.15, 0.2) is 47.6 Å². The van der Waals surface area contributed by atoms with E-state index in [1.807, 2.05) is 35.7 Å². The Bertz CT molecular complexity index is 1040.